The molecule has 28 heavy (non-hydrogen) atoms. The number of benzene rings is 1. The lowest BCUT2D eigenvalue weighted by Gasteiger charge is -2.34. The Bertz CT molecular complexity index is 777. The molecule has 0 radical (unpaired) electrons. The van der Waals surface area contributed by atoms with Gasteiger partial charge in [-0.05, 0) is 30.3 Å². The van der Waals surface area contributed by atoms with Gasteiger partial charge in [0.05, 0.1) is 13.7 Å². The van der Waals surface area contributed by atoms with Crippen LogP contribution < -0.4 is 19.7 Å². The lowest BCUT2D eigenvalue weighted by Crippen LogP contribution is -2.51. The molecule has 1 fully saturated rings. The van der Waals surface area contributed by atoms with Gasteiger partial charge in [0, 0.05) is 38.6 Å². The van der Waals surface area contributed by atoms with Crippen molar-refractivity contribution >= 4 is 17.8 Å². The lowest BCUT2D eigenvalue weighted by atomic mass is 10.3. The fourth-order valence-corrected chi connectivity index (χ4v) is 2.77. The van der Waals surface area contributed by atoms with Crippen molar-refractivity contribution in [3.8, 4) is 11.5 Å². The van der Waals surface area contributed by atoms with E-state index in [0.717, 1.165) is 0 Å². The van der Waals surface area contributed by atoms with Crippen LogP contribution >= 0.6 is 0 Å². The number of anilines is 1. The maximum absolute atomic E-state index is 12.3. The Balaban J connectivity index is 1.36. The Hall–Kier alpha value is -3.36. The van der Waals surface area contributed by atoms with Crippen LogP contribution in [-0.4, -0.2) is 73.1 Å². The van der Waals surface area contributed by atoms with Crippen molar-refractivity contribution in [2.75, 3.05) is 51.3 Å². The third-order valence-corrected chi connectivity index (χ3v) is 4.33. The SMILES string of the molecule is COc1ccc(OCC(=O)NCC(=O)N2CCN(c3ncccn3)CC2)cc1. The zero-order chi connectivity index (χ0) is 19.8. The number of nitrogens with one attached hydrogen (secondary N) is 1. The quantitative estimate of drug-likeness (QED) is 0.734. The topological polar surface area (TPSA) is 96.9 Å². The summed E-state index contributed by atoms with van der Waals surface area (Å²) in [6.07, 6.45) is 3.40. The van der Waals surface area contributed by atoms with Crippen LogP contribution in [0.5, 0.6) is 11.5 Å². The third-order valence-electron chi connectivity index (χ3n) is 4.33. The van der Waals surface area contributed by atoms with E-state index in [4.69, 9.17) is 9.47 Å². The van der Waals surface area contributed by atoms with E-state index in [2.05, 4.69) is 15.3 Å². The Labute approximate surface area is 163 Å². The first-order valence-electron chi connectivity index (χ1n) is 8.99. The summed E-state index contributed by atoms with van der Waals surface area (Å²) < 4.78 is 10.5. The molecular weight excluding hydrogens is 362 g/mol. The van der Waals surface area contributed by atoms with Crippen LogP contribution in [0.25, 0.3) is 0 Å². The first-order chi connectivity index (χ1) is 13.7. The number of carbonyl (C=O) groups is 2. The number of methoxy groups -OCH3 is 1. The lowest BCUT2D eigenvalue weighted by molar-refractivity contribution is -0.133. The number of hydrogen-bond acceptors (Lipinski definition) is 7. The van der Waals surface area contributed by atoms with Crippen LogP contribution in [0.4, 0.5) is 5.95 Å². The number of amides is 2. The van der Waals surface area contributed by atoms with Crippen LogP contribution in [0.15, 0.2) is 42.7 Å². The van der Waals surface area contributed by atoms with Crippen molar-refractivity contribution in [3.05, 3.63) is 42.7 Å². The molecule has 1 aliphatic heterocycles. The highest BCUT2D eigenvalue weighted by atomic mass is 16.5. The van der Waals surface area contributed by atoms with Gasteiger partial charge < -0.3 is 24.6 Å². The third kappa shape index (κ3) is 5.32. The van der Waals surface area contributed by atoms with Gasteiger partial charge in [-0.3, -0.25) is 9.59 Å². The van der Waals surface area contributed by atoms with Crippen molar-refractivity contribution < 1.29 is 19.1 Å². The number of rotatable bonds is 7. The van der Waals surface area contributed by atoms with Crippen LogP contribution in [0, 0.1) is 0 Å². The molecule has 1 aromatic heterocycles. The fourth-order valence-electron chi connectivity index (χ4n) is 2.77. The van der Waals surface area contributed by atoms with Crippen LogP contribution in [0.1, 0.15) is 0 Å². The van der Waals surface area contributed by atoms with E-state index < -0.39 is 0 Å². The van der Waals surface area contributed by atoms with E-state index in [1.54, 1.807) is 54.7 Å². The summed E-state index contributed by atoms with van der Waals surface area (Å²) in [7, 11) is 1.58. The molecule has 0 bridgehead atoms. The second-order valence-corrected chi connectivity index (χ2v) is 6.16. The first-order valence-corrected chi connectivity index (χ1v) is 8.99. The maximum atomic E-state index is 12.3. The number of carbonyl (C=O) groups excluding carboxylic acids is 2. The minimum Gasteiger partial charge on any atom is -0.497 e. The molecule has 0 aliphatic carbocycles. The van der Waals surface area contributed by atoms with E-state index in [0.29, 0.717) is 43.6 Å². The van der Waals surface area contributed by atoms with E-state index >= 15 is 0 Å². The summed E-state index contributed by atoms with van der Waals surface area (Å²) in [5, 5.41) is 2.60. The highest BCUT2D eigenvalue weighted by molar-refractivity contribution is 5.85. The maximum Gasteiger partial charge on any atom is 0.258 e. The molecule has 2 heterocycles. The molecule has 9 nitrogen and oxygen atoms in total. The average molecular weight is 385 g/mol. The van der Waals surface area contributed by atoms with Crippen molar-refractivity contribution in [2.24, 2.45) is 0 Å². The normalized spacial score (nSPS) is 13.8. The van der Waals surface area contributed by atoms with Crippen LogP contribution in [0.3, 0.4) is 0 Å². The van der Waals surface area contributed by atoms with E-state index in [9.17, 15) is 9.59 Å². The standard InChI is InChI=1S/C19H23N5O4/c1-27-15-3-5-16(6-4-15)28-14-17(25)22-13-18(26)23-9-11-24(12-10-23)19-20-7-2-8-21-19/h2-8H,9-14H2,1H3,(H,22,25). The van der Waals surface area contributed by atoms with Gasteiger partial charge in [0.15, 0.2) is 6.61 Å². The summed E-state index contributed by atoms with van der Waals surface area (Å²) in [6, 6.07) is 8.69. The number of ether oxygens (including phenoxy) is 2. The van der Waals surface area contributed by atoms with Crippen molar-refractivity contribution in [3.63, 3.8) is 0 Å². The molecule has 0 unspecified atom stereocenters. The van der Waals surface area contributed by atoms with Gasteiger partial charge in [0.2, 0.25) is 11.9 Å². The van der Waals surface area contributed by atoms with Gasteiger partial charge in [0.1, 0.15) is 11.5 Å². The fraction of sp³-hybridized carbons (Fsp3) is 0.368. The summed E-state index contributed by atoms with van der Waals surface area (Å²) >= 11 is 0. The van der Waals surface area contributed by atoms with Crippen LogP contribution in [-0.2, 0) is 9.59 Å². The van der Waals surface area contributed by atoms with E-state index in [-0.39, 0.29) is 25.0 Å². The molecule has 2 aromatic rings. The second kappa shape index (κ2) is 9.54. The Morgan fingerprint density at radius 1 is 1.04 bits per heavy atom. The number of aromatic nitrogens is 2. The predicted octanol–water partition coefficient (Wildman–Crippen LogP) is 0.329. The number of hydrogen-bond donors (Lipinski definition) is 1. The monoisotopic (exact) mass is 385 g/mol. The molecule has 0 atom stereocenters. The summed E-state index contributed by atoms with van der Waals surface area (Å²) in [6.45, 7) is 2.24. The van der Waals surface area contributed by atoms with Crippen molar-refractivity contribution in [1.82, 2.24) is 20.2 Å². The number of piperazine rings is 1. The average Bonchev–Trinajstić information content (AvgIpc) is 2.77. The van der Waals surface area contributed by atoms with Gasteiger partial charge in [0.25, 0.3) is 5.91 Å². The molecule has 1 N–H and O–H groups in total. The first kappa shape index (κ1) is 19.4. The van der Waals surface area contributed by atoms with Gasteiger partial charge in [-0.15, -0.1) is 0 Å². The minimum atomic E-state index is -0.347. The molecule has 148 valence electrons. The molecule has 3 rings (SSSR count). The summed E-state index contributed by atoms with van der Waals surface area (Å²) in [5.74, 6) is 1.47. The largest absolute Gasteiger partial charge is 0.497 e. The highest BCUT2D eigenvalue weighted by Crippen LogP contribution is 2.16. The molecule has 9 heteroatoms. The Morgan fingerprint density at radius 2 is 1.68 bits per heavy atom. The smallest absolute Gasteiger partial charge is 0.258 e. The molecule has 0 spiro atoms. The number of nitrogens with zero attached hydrogens (tertiary/aromatic N) is 4. The Morgan fingerprint density at radius 3 is 2.32 bits per heavy atom. The predicted molar refractivity (Wildman–Crippen MR) is 102 cm³/mol. The van der Waals surface area contributed by atoms with Crippen LogP contribution in [0.2, 0.25) is 0 Å². The molecule has 1 saturated heterocycles. The van der Waals surface area contributed by atoms with Gasteiger partial charge in [-0.2, -0.15) is 0 Å². The molecular formula is C19H23N5O4. The molecule has 1 aliphatic rings. The van der Waals surface area contributed by atoms with Crippen molar-refractivity contribution in [1.29, 1.82) is 0 Å². The minimum absolute atomic E-state index is 0.0490. The molecule has 1 aromatic carbocycles. The van der Waals surface area contributed by atoms with E-state index in [1.165, 1.54) is 0 Å². The molecule has 2 amide bonds. The van der Waals surface area contributed by atoms with Gasteiger partial charge in [-0.25, -0.2) is 9.97 Å². The second-order valence-electron chi connectivity index (χ2n) is 6.16. The zero-order valence-corrected chi connectivity index (χ0v) is 15.7. The molecule has 0 saturated carbocycles. The van der Waals surface area contributed by atoms with Crippen molar-refractivity contribution in [2.45, 2.75) is 0 Å². The summed E-state index contributed by atoms with van der Waals surface area (Å²) in [5.41, 5.74) is 0. The zero-order valence-electron chi connectivity index (χ0n) is 15.7. The van der Waals surface area contributed by atoms with Gasteiger partial charge in [-0.1, -0.05) is 0 Å². The van der Waals surface area contributed by atoms with Gasteiger partial charge >= 0.3 is 0 Å². The van der Waals surface area contributed by atoms with E-state index in [1.807, 2.05) is 4.90 Å². The summed E-state index contributed by atoms with van der Waals surface area (Å²) in [4.78, 5) is 36.4. The Kier molecular flexibility index (Phi) is 6.61. The highest BCUT2D eigenvalue weighted by Gasteiger charge is 2.22.